The van der Waals surface area contributed by atoms with E-state index < -0.39 is 17.8 Å². The second kappa shape index (κ2) is 10.00. The lowest BCUT2D eigenvalue weighted by atomic mass is 10.0. The fourth-order valence-electron chi connectivity index (χ4n) is 3.64. The van der Waals surface area contributed by atoms with Gasteiger partial charge in [0.15, 0.2) is 0 Å². The van der Waals surface area contributed by atoms with Crippen LogP contribution in [0, 0.1) is 0 Å². The van der Waals surface area contributed by atoms with Crippen LogP contribution >= 0.6 is 0 Å². The Balaban J connectivity index is 1.50. The first-order chi connectivity index (χ1) is 14.7. The number of carbonyl (C=O) groups excluding carboxylic acids is 1. The Morgan fingerprint density at radius 3 is 2.45 bits per heavy atom. The number of nitrogens with zero attached hydrogens (tertiary/aromatic N) is 3. The number of hydrogen-bond donors (Lipinski definition) is 2. The van der Waals surface area contributed by atoms with E-state index in [-0.39, 0.29) is 11.7 Å². The third-order valence-corrected chi connectivity index (χ3v) is 5.46. The molecule has 0 radical (unpaired) electrons. The van der Waals surface area contributed by atoms with Gasteiger partial charge in [-0.15, -0.1) is 0 Å². The van der Waals surface area contributed by atoms with Gasteiger partial charge in [0.05, 0.1) is 11.3 Å². The third-order valence-electron chi connectivity index (χ3n) is 5.46. The number of pyridine rings is 1. The lowest BCUT2D eigenvalue weighted by Gasteiger charge is -2.32. The minimum absolute atomic E-state index is 0.0624. The highest BCUT2D eigenvalue weighted by Gasteiger charge is 2.34. The van der Waals surface area contributed by atoms with Crippen molar-refractivity contribution >= 4 is 17.4 Å². The Bertz CT molecular complexity index is 865. The summed E-state index contributed by atoms with van der Waals surface area (Å²) < 4.78 is 40.3. The van der Waals surface area contributed by atoms with E-state index in [1.54, 1.807) is 37.5 Å². The van der Waals surface area contributed by atoms with Crippen LogP contribution in [0.1, 0.15) is 24.0 Å². The van der Waals surface area contributed by atoms with Gasteiger partial charge < -0.3 is 20.4 Å². The van der Waals surface area contributed by atoms with Gasteiger partial charge in [-0.2, -0.15) is 13.2 Å². The van der Waals surface area contributed by atoms with Crippen molar-refractivity contribution in [2.45, 2.75) is 31.5 Å². The predicted molar refractivity (Wildman–Crippen MR) is 115 cm³/mol. The number of carbonyl (C=O) groups is 1. The molecule has 0 unspecified atom stereocenters. The number of hydrogen-bond acceptors (Lipinski definition) is 4. The molecule has 1 saturated heterocycles. The Morgan fingerprint density at radius 1 is 1.16 bits per heavy atom. The van der Waals surface area contributed by atoms with Crippen molar-refractivity contribution in [3.05, 3.63) is 53.9 Å². The van der Waals surface area contributed by atoms with Crippen LogP contribution in [0.2, 0.25) is 0 Å². The van der Waals surface area contributed by atoms with E-state index in [4.69, 9.17) is 0 Å². The first kappa shape index (κ1) is 22.9. The van der Waals surface area contributed by atoms with Crippen molar-refractivity contribution in [3.63, 3.8) is 0 Å². The molecule has 1 aliphatic heterocycles. The number of likely N-dealkylation sites (tertiary alicyclic amines) is 1. The smallest absolute Gasteiger partial charge is 0.378 e. The molecule has 3 rings (SSSR count). The van der Waals surface area contributed by atoms with Gasteiger partial charge >= 0.3 is 12.2 Å². The largest absolute Gasteiger partial charge is 0.418 e. The molecule has 9 heteroatoms. The van der Waals surface area contributed by atoms with Gasteiger partial charge in [-0.3, -0.25) is 4.98 Å². The normalized spacial score (nSPS) is 15.5. The first-order valence-corrected chi connectivity index (χ1v) is 10.3. The molecule has 0 bridgehead atoms. The summed E-state index contributed by atoms with van der Waals surface area (Å²) in [6.07, 6.45) is 1.45. The van der Waals surface area contributed by atoms with Crippen molar-refractivity contribution < 1.29 is 18.0 Å². The monoisotopic (exact) mass is 435 g/mol. The summed E-state index contributed by atoms with van der Waals surface area (Å²) in [5.41, 5.74) is 0.540. The number of amides is 2. The molecular formula is C22H28F3N5O. The lowest BCUT2D eigenvalue weighted by Crippen LogP contribution is -2.46. The topological polar surface area (TPSA) is 60.5 Å². The molecule has 2 aromatic rings. The average molecular weight is 435 g/mol. The zero-order valence-corrected chi connectivity index (χ0v) is 17.7. The molecule has 0 atom stereocenters. The quantitative estimate of drug-likeness (QED) is 0.720. The zero-order chi connectivity index (χ0) is 22.4. The van der Waals surface area contributed by atoms with Crippen molar-refractivity contribution in [2.24, 2.45) is 0 Å². The molecular weight excluding hydrogens is 407 g/mol. The maximum absolute atomic E-state index is 13.4. The second-order valence-corrected chi connectivity index (χ2v) is 7.94. The van der Waals surface area contributed by atoms with Crippen LogP contribution in [0.5, 0.6) is 0 Å². The van der Waals surface area contributed by atoms with E-state index in [0.717, 1.165) is 45.0 Å². The standard InChI is InChI=1S/C22H28F3N5O/c1-29(2)18-3-4-20(19(15-18)22(23,24)25)28-21(31)27-17-8-13-30(14-9-17)12-7-16-5-10-26-11-6-16/h3-6,10-11,15,17H,7-9,12-14H2,1-2H3,(H2,27,28,31). The number of urea groups is 1. The second-order valence-electron chi connectivity index (χ2n) is 7.94. The Kier molecular flexibility index (Phi) is 7.37. The van der Waals surface area contributed by atoms with Crippen LogP contribution in [0.15, 0.2) is 42.7 Å². The lowest BCUT2D eigenvalue weighted by molar-refractivity contribution is -0.136. The fraction of sp³-hybridized carbons (Fsp3) is 0.455. The number of piperidine rings is 1. The summed E-state index contributed by atoms with van der Waals surface area (Å²) >= 11 is 0. The van der Waals surface area contributed by atoms with E-state index >= 15 is 0 Å². The average Bonchev–Trinajstić information content (AvgIpc) is 2.73. The molecule has 0 saturated carbocycles. The van der Waals surface area contributed by atoms with Crippen molar-refractivity contribution in [3.8, 4) is 0 Å². The molecule has 31 heavy (non-hydrogen) atoms. The number of aromatic nitrogens is 1. The first-order valence-electron chi connectivity index (χ1n) is 10.3. The van der Waals surface area contributed by atoms with Gasteiger partial charge in [0.1, 0.15) is 0 Å². The van der Waals surface area contributed by atoms with E-state index in [2.05, 4.69) is 20.5 Å². The number of nitrogens with one attached hydrogen (secondary N) is 2. The Hall–Kier alpha value is -2.81. The van der Waals surface area contributed by atoms with Crippen molar-refractivity contribution in [1.82, 2.24) is 15.2 Å². The molecule has 6 nitrogen and oxygen atoms in total. The molecule has 1 fully saturated rings. The molecule has 168 valence electrons. The van der Waals surface area contributed by atoms with Crippen LogP contribution < -0.4 is 15.5 Å². The molecule has 1 aliphatic rings. The number of halogens is 3. The SMILES string of the molecule is CN(C)c1ccc(NC(=O)NC2CCN(CCc3ccncc3)CC2)c(C(F)(F)F)c1. The number of rotatable bonds is 6. The summed E-state index contributed by atoms with van der Waals surface area (Å²) in [6.45, 7) is 2.60. The van der Waals surface area contributed by atoms with Gasteiger partial charge in [0.25, 0.3) is 0 Å². The summed E-state index contributed by atoms with van der Waals surface area (Å²) in [5.74, 6) is 0. The van der Waals surface area contributed by atoms with Crippen molar-refractivity contribution in [2.75, 3.05) is 43.9 Å². The summed E-state index contributed by atoms with van der Waals surface area (Å²) in [6, 6.07) is 7.20. The maximum Gasteiger partial charge on any atom is 0.418 e. The van der Waals surface area contributed by atoms with Gasteiger partial charge in [-0.05, 0) is 55.2 Å². The number of anilines is 2. The molecule has 0 spiro atoms. The highest BCUT2D eigenvalue weighted by Crippen LogP contribution is 2.37. The highest BCUT2D eigenvalue weighted by atomic mass is 19.4. The van der Waals surface area contributed by atoms with E-state index in [9.17, 15) is 18.0 Å². The Morgan fingerprint density at radius 2 is 1.84 bits per heavy atom. The molecule has 1 aromatic carbocycles. The third kappa shape index (κ3) is 6.58. The maximum atomic E-state index is 13.4. The summed E-state index contributed by atoms with van der Waals surface area (Å²) in [7, 11) is 3.33. The summed E-state index contributed by atoms with van der Waals surface area (Å²) in [5, 5.41) is 5.20. The van der Waals surface area contributed by atoms with E-state index in [1.807, 2.05) is 12.1 Å². The zero-order valence-electron chi connectivity index (χ0n) is 17.7. The van der Waals surface area contributed by atoms with Crippen LogP contribution in [0.3, 0.4) is 0 Å². The van der Waals surface area contributed by atoms with Crippen LogP contribution in [0.4, 0.5) is 29.3 Å². The van der Waals surface area contributed by atoms with Gasteiger partial charge in [0.2, 0.25) is 0 Å². The molecule has 1 aromatic heterocycles. The molecule has 0 aliphatic carbocycles. The van der Waals surface area contributed by atoms with Crippen LogP contribution in [0.25, 0.3) is 0 Å². The van der Waals surface area contributed by atoms with Gasteiger partial charge in [-0.1, -0.05) is 0 Å². The summed E-state index contributed by atoms with van der Waals surface area (Å²) in [4.78, 5) is 20.3. The molecule has 2 amide bonds. The fourth-order valence-corrected chi connectivity index (χ4v) is 3.64. The van der Waals surface area contributed by atoms with E-state index in [0.29, 0.717) is 5.69 Å². The van der Waals surface area contributed by atoms with E-state index in [1.165, 1.54) is 11.6 Å². The van der Waals surface area contributed by atoms with Crippen molar-refractivity contribution in [1.29, 1.82) is 0 Å². The number of benzene rings is 1. The minimum atomic E-state index is -4.56. The van der Waals surface area contributed by atoms with Gasteiger partial charge in [-0.25, -0.2) is 4.79 Å². The van der Waals surface area contributed by atoms with Gasteiger partial charge in [0, 0.05) is 57.9 Å². The Labute approximate surface area is 180 Å². The highest BCUT2D eigenvalue weighted by molar-refractivity contribution is 5.90. The minimum Gasteiger partial charge on any atom is -0.378 e. The van der Waals surface area contributed by atoms with Crippen LogP contribution in [-0.2, 0) is 12.6 Å². The van der Waals surface area contributed by atoms with Crippen LogP contribution in [-0.4, -0.2) is 55.7 Å². The molecule has 2 N–H and O–H groups in total. The molecule has 2 heterocycles. The predicted octanol–water partition coefficient (Wildman–Crippen LogP) is 4.00. The number of alkyl halides is 3.